The van der Waals surface area contributed by atoms with Crippen molar-refractivity contribution in [3.8, 4) is 5.75 Å². The third-order valence-electron chi connectivity index (χ3n) is 3.72. The van der Waals surface area contributed by atoms with Gasteiger partial charge in [0, 0.05) is 18.8 Å². The summed E-state index contributed by atoms with van der Waals surface area (Å²) in [5, 5.41) is 9.05. The van der Waals surface area contributed by atoms with Crippen LogP contribution < -0.4 is 4.74 Å². The summed E-state index contributed by atoms with van der Waals surface area (Å²) in [7, 11) is 1.49. The van der Waals surface area contributed by atoms with Crippen LogP contribution in [0.2, 0.25) is 0 Å². The molecular formula is C14H18N2O4. The smallest absolute Gasteiger partial charge is 0.306 e. The predicted molar refractivity (Wildman–Crippen MR) is 71.6 cm³/mol. The molecule has 20 heavy (non-hydrogen) atoms. The number of aliphatic carboxylic acids is 1. The Kier molecular flexibility index (Phi) is 4.22. The number of carboxylic acid groups (broad SMARTS) is 1. The van der Waals surface area contributed by atoms with Gasteiger partial charge < -0.3 is 14.7 Å². The lowest BCUT2D eigenvalue weighted by atomic mass is 9.91. The molecular weight excluding hydrogens is 260 g/mol. The van der Waals surface area contributed by atoms with Gasteiger partial charge in [0.25, 0.3) is 5.91 Å². The van der Waals surface area contributed by atoms with Gasteiger partial charge in [0.05, 0.1) is 24.8 Å². The Labute approximate surface area is 117 Å². The number of piperidine rings is 1. The molecule has 1 amide bonds. The number of carbonyl (C=O) groups is 2. The molecule has 0 aliphatic carbocycles. The molecule has 0 aromatic carbocycles. The molecule has 108 valence electrons. The predicted octanol–water partition coefficient (Wildman–Crippen LogP) is 1.42. The Morgan fingerprint density at radius 1 is 1.50 bits per heavy atom. The first-order chi connectivity index (χ1) is 9.54. The molecule has 1 aromatic heterocycles. The number of likely N-dealkylation sites (tertiary alicyclic amines) is 1. The van der Waals surface area contributed by atoms with Gasteiger partial charge in [0.15, 0.2) is 0 Å². The van der Waals surface area contributed by atoms with Crippen LogP contribution >= 0.6 is 0 Å². The first kappa shape index (κ1) is 14.3. The molecule has 1 saturated heterocycles. The van der Waals surface area contributed by atoms with E-state index in [4.69, 9.17) is 9.84 Å². The Hall–Kier alpha value is -2.11. The Balaban J connectivity index is 2.16. The van der Waals surface area contributed by atoms with Gasteiger partial charge in [-0.25, -0.2) is 0 Å². The zero-order valence-corrected chi connectivity index (χ0v) is 11.6. The molecule has 1 aromatic rings. The average Bonchev–Trinajstić information content (AvgIpc) is 2.46. The molecule has 1 aliphatic heterocycles. The SMILES string of the molecule is COc1cnccc1C(=O)N1CCC(C(=O)O)CC1C. The molecule has 0 radical (unpaired) electrons. The molecule has 2 rings (SSSR count). The van der Waals surface area contributed by atoms with E-state index in [0.717, 1.165) is 0 Å². The molecule has 0 saturated carbocycles. The van der Waals surface area contributed by atoms with Gasteiger partial charge in [-0.2, -0.15) is 0 Å². The molecule has 2 heterocycles. The second-order valence-corrected chi connectivity index (χ2v) is 4.98. The highest BCUT2D eigenvalue weighted by atomic mass is 16.5. The first-order valence-electron chi connectivity index (χ1n) is 6.56. The van der Waals surface area contributed by atoms with Crippen molar-refractivity contribution >= 4 is 11.9 Å². The number of pyridine rings is 1. The number of methoxy groups -OCH3 is 1. The topological polar surface area (TPSA) is 79.7 Å². The Morgan fingerprint density at radius 3 is 2.85 bits per heavy atom. The van der Waals surface area contributed by atoms with E-state index in [1.807, 2.05) is 6.92 Å². The summed E-state index contributed by atoms with van der Waals surface area (Å²) in [6.07, 6.45) is 4.01. The average molecular weight is 278 g/mol. The van der Waals surface area contributed by atoms with Crippen LogP contribution in [0, 0.1) is 5.92 Å². The highest BCUT2D eigenvalue weighted by molar-refractivity contribution is 5.97. The third-order valence-corrected chi connectivity index (χ3v) is 3.72. The van der Waals surface area contributed by atoms with Crippen LogP contribution in [-0.2, 0) is 4.79 Å². The Bertz CT molecular complexity index is 518. The van der Waals surface area contributed by atoms with Crippen molar-refractivity contribution in [3.05, 3.63) is 24.0 Å². The fourth-order valence-corrected chi connectivity index (χ4v) is 2.57. The van der Waals surface area contributed by atoms with Crippen molar-refractivity contribution in [2.45, 2.75) is 25.8 Å². The van der Waals surface area contributed by atoms with Crippen LogP contribution in [0.3, 0.4) is 0 Å². The maximum atomic E-state index is 12.5. The van der Waals surface area contributed by atoms with Gasteiger partial charge in [-0.05, 0) is 25.8 Å². The van der Waals surface area contributed by atoms with E-state index < -0.39 is 5.97 Å². The summed E-state index contributed by atoms with van der Waals surface area (Å²) in [5.41, 5.74) is 0.461. The number of rotatable bonds is 3. The van der Waals surface area contributed by atoms with E-state index in [-0.39, 0.29) is 17.9 Å². The van der Waals surface area contributed by atoms with E-state index in [1.54, 1.807) is 17.2 Å². The van der Waals surface area contributed by atoms with Gasteiger partial charge in [0.2, 0.25) is 0 Å². The number of aromatic nitrogens is 1. The minimum absolute atomic E-state index is 0.102. The lowest BCUT2D eigenvalue weighted by Crippen LogP contribution is -2.46. The minimum atomic E-state index is -0.787. The second-order valence-electron chi connectivity index (χ2n) is 4.98. The summed E-state index contributed by atoms with van der Waals surface area (Å²) in [5.74, 6) is -0.857. The highest BCUT2D eigenvalue weighted by Gasteiger charge is 2.33. The van der Waals surface area contributed by atoms with Crippen molar-refractivity contribution in [1.29, 1.82) is 0 Å². The van der Waals surface area contributed by atoms with E-state index in [1.165, 1.54) is 13.3 Å². The quantitative estimate of drug-likeness (QED) is 0.904. The van der Waals surface area contributed by atoms with Crippen molar-refractivity contribution in [3.63, 3.8) is 0 Å². The summed E-state index contributed by atoms with van der Waals surface area (Å²) in [4.78, 5) is 29.2. The van der Waals surface area contributed by atoms with Crippen LogP contribution in [0.15, 0.2) is 18.5 Å². The molecule has 2 atom stereocenters. The van der Waals surface area contributed by atoms with Gasteiger partial charge in [0.1, 0.15) is 5.75 Å². The van der Waals surface area contributed by atoms with Crippen molar-refractivity contribution in [1.82, 2.24) is 9.88 Å². The summed E-state index contributed by atoms with van der Waals surface area (Å²) in [6.45, 7) is 2.32. The first-order valence-corrected chi connectivity index (χ1v) is 6.56. The number of ether oxygens (including phenoxy) is 1. The molecule has 1 N–H and O–H groups in total. The zero-order valence-electron chi connectivity index (χ0n) is 11.6. The lowest BCUT2D eigenvalue weighted by molar-refractivity contribution is -0.143. The third kappa shape index (κ3) is 2.74. The summed E-state index contributed by atoms with van der Waals surface area (Å²) >= 11 is 0. The molecule has 1 aliphatic rings. The van der Waals surface area contributed by atoms with E-state index >= 15 is 0 Å². The van der Waals surface area contributed by atoms with Crippen molar-refractivity contribution in [2.24, 2.45) is 5.92 Å². The number of carbonyl (C=O) groups excluding carboxylic acids is 1. The van der Waals surface area contributed by atoms with Gasteiger partial charge in [-0.3, -0.25) is 14.6 Å². The maximum absolute atomic E-state index is 12.5. The molecule has 0 spiro atoms. The van der Waals surface area contributed by atoms with Gasteiger partial charge in [-0.15, -0.1) is 0 Å². The van der Waals surface area contributed by atoms with Crippen molar-refractivity contribution in [2.75, 3.05) is 13.7 Å². The lowest BCUT2D eigenvalue weighted by Gasteiger charge is -2.36. The maximum Gasteiger partial charge on any atom is 0.306 e. The van der Waals surface area contributed by atoms with Gasteiger partial charge >= 0.3 is 5.97 Å². The summed E-state index contributed by atoms with van der Waals surface area (Å²) in [6, 6.07) is 1.52. The Morgan fingerprint density at radius 2 is 2.25 bits per heavy atom. The van der Waals surface area contributed by atoms with Crippen LogP contribution in [0.4, 0.5) is 0 Å². The number of amides is 1. The number of hydrogen-bond acceptors (Lipinski definition) is 4. The highest BCUT2D eigenvalue weighted by Crippen LogP contribution is 2.26. The fraction of sp³-hybridized carbons (Fsp3) is 0.500. The standard InChI is InChI=1S/C14H18N2O4/c1-9-7-10(14(18)19)4-6-16(9)13(17)11-3-5-15-8-12(11)20-2/h3,5,8-10H,4,6-7H2,1-2H3,(H,18,19). The fourth-order valence-electron chi connectivity index (χ4n) is 2.57. The van der Waals surface area contributed by atoms with Crippen molar-refractivity contribution < 1.29 is 19.4 Å². The summed E-state index contributed by atoms with van der Waals surface area (Å²) < 4.78 is 5.15. The number of nitrogens with zero attached hydrogens (tertiary/aromatic N) is 2. The normalized spacial score (nSPS) is 22.4. The second kappa shape index (κ2) is 5.90. The largest absolute Gasteiger partial charge is 0.494 e. The zero-order chi connectivity index (χ0) is 14.7. The van der Waals surface area contributed by atoms with Crippen LogP contribution in [0.5, 0.6) is 5.75 Å². The van der Waals surface area contributed by atoms with Crippen LogP contribution in [-0.4, -0.2) is 46.6 Å². The van der Waals surface area contributed by atoms with Gasteiger partial charge in [-0.1, -0.05) is 0 Å². The minimum Gasteiger partial charge on any atom is -0.494 e. The van der Waals surface area contributed by atoms with Crippen LogP contribution in [0.1, 0.15) is 30.1 Å². The van der Waals surface area contributed by atoms with E-state index in [2.05, 4.69) is 4.98 Å². The van der Waals surface area contributed by atoms with E-state index in [0.29, 0.717) is 30.7 Å². The molecule has 6 heteroatoms. The molecule has 2 unspecified atom stereocenters. The molecule has 1 fully saturated rings. The monoisotopic (exact) mass is 278 g/mol. The number of hydrogen-bond donors (Lipinski definition) is 1. The molecule has 6 nitrogen and oxygen atoms in total. The van der Waals surface area contributed by atoms with Crippen LogP contribution in [0.25, 0.3) is 0 Å². The molecule has 0 bridgehead atoms. The van der Waals surface area contributed by atoms with E-state index in [9.17, 15) is 9.59 Å². The number of carboxylic acids is 1.